The highest BCUT2D eigenvalue weighted by Crippen LogP contribution is 2.26. The van der Waals surface area contributed by atoms with Crippen molar-refractivity contribution in [2.75, 3.05) is 26.5 Å². The maximum Gasteiger partial charge on any atom is 0.242 e. The lowest BCUT2D eigenvalue weighted by molar-refractivity contribution is -0.115. The first kappa shape index (κ1) is 20.9. The van der Waals surface area contributed by atoms with Gasteiger partial charge in [0.1, 0.15) is 5.75 Å². The molecule has 2 rings (SSSR count). The Morgan fingerprint density at radius 2 is 1.78 bits per heavy atom. The monoisotopic (exact) mass is 390 g/mol. The summed E-state index contributed by atoms with van der Waals surface area (Å²) in [5.74, 6) is 0.411. The highest BCUT2D eigenvalue weighted by Gasteiger charge is 2.20. The molecule has 7 heteroatoms. The van der Waals surface area contributed by atoms with Crippen LogP contribution in [0.2, 0.25) is 0 Å². The molecule has 0 aliphatic rings. The maximum atomic E-state index is 12.6. The van der Waals surface area contributed by atoms with Crippen LogP contribution in [-0.4, -0.2) is 39.8 Å². The summed E-state index contributed by atoms with van der Waals surface area (Å²) < 4.78 is 31.4. The number of nitrogens with zero attached hydrogens (tertiary/aromatic N) is 1. The molecular weight excluding hydrogens is 364 g/mol. The Morgan fingerprint density at radius 1 is 1.11 bits per heavy atom. The van der Waals surface area contributed by atoms with E-state index in [-0.39, 0.29) is 17.2 Å². The topological polar surface area (TPSA) is 75.7 Å². The van der Waals surface area contributed by atoms with Crippen LogP contribution in [0.25, 0.3) is 0 Å². The lowest BCUT2D eigenvalue weighted by Gasteiger charge is -2.17. The van der Waals surface area contributed by atoms with Gasteiger partial charge in [-0.05, 0) is 50.1 Å². The van der Waals surface area contributed by atoms with Crippen molar-refractivity contribution in [1.29, 1.82) is 0 Å². The van der Waals surface area contributed by atoms with Crippen LogP contribution in [0.15, 0.2) is 35.2 Å². The van der Waals surface area contributed by atoms with Gasteiger partial charge in [0.15, 0.2) is 0 Å². The van der Waals surface area contributed by atoms with Gasteiger partial charge in [0.2, 0.25) is 15.9 Å². The number of sulfonamides is 1. The van der Waals surface area contributed by atoms with Crippen molar-refractivity contribution in [2.24, 2.45) is 0 Å². The van der Waals surface area contributed by atoms with Gasteiger partial charge in [-0.3, -0.25) is 4.79 Å². The van der Waals surface area contributed by atoms with Crippen LogP contribution in [0.3, 0.4) is 0 Å². The summed E-state index contributed by atoms with van der Waals surface area (Å²) in [6.45, 7) is 5.62. The number of anilines is 1. The minimum Gasteiger partial charge on any atom is -0.496 e. The van der Waals surface area contributed by atoms with E-state index in [4.69, 9.17) is 4.74 Å². The zero-order valence-corrected chi connectivity index (χ0v) is 17.4. The zero-order chi connectivity index (χ0) is 20.4. The number of carbonyl (C=O) groups excluding carboxylic acids is 1. The smallest absolute Gasteiger partial charge is 0.242 e. The van der Waals surface area contributed by atoms with E-state index in [2.05, 4.69) is 5.32 Å². The first-order valence-electron chi connectivity index (χ1n) is 8.53. The molecule has 0 unspecified atom stereocenters. The molecule has 0 aliphatic heterocycles. The van der Waals surface area contributed by atoms with Crippen LogP contribution in [0.4, 0.5) is 5.69 Å². The first-order valence-corrected chi connectivity index (χ1v) is 9.97. The molecule has 0 radical (unpaired) electrons. The molecule has 0 heterocycles. The molecule has 1 N–H and O–H groups in total. The average Bonchev–Trinajstić information content (AvgIpc) is 2.58. The normalized spacial score (nSPS) is 11.5. The van der Waals surface area contributed by atoms with Crippen LogP contribution in [0, 0.1) is 20.8 Å². The van der Waals surface area contributed by atoms with Gasteiger partial charge in [-0.2, -0.15) is 0 Å². The van der Waals surface area contributed by atoms with Crippen molar-refractivity contribution in [3.05, 3.63) is 52.6 Å². The third kappa shape index (κ3) is 4.67. The van der Waals surface area contributed by atoms with E-state index in [0.29, 0.717) is 11.4 Å². The Labute approximate surface area is 161 Å². The summed E-state index contributed by atoms with van der Waals surface area (Å²) in [5.41, 5.74) is 3.93. The molecule has 146 valence electrons. The molecule has 0 aromatic heterocycles. The van der Waals surface area contributed by atoms with Crippen molar-refractivity contribution in [2.45, 2.75) is 32.1 Å². The summed E-state index contributed by atoms with van der Waals surface area (Å²) in [7, 11) is 0.935. The van der Waals surface area contributed by atoms with Gasteiger partial charge in [0.05, 0.1) is 18.4 Å². The Morgan fingerprint density at radius 3 is 2.37 bits per heavy atom. The number of carbonyl (C=O) groups is 1. The minimum atomic E-state index is -3.59. The molecule has 0 fully saturated rings. The second-order valence-corrected chi connectivity index (χ2v) is 8.89. The van der Waals surface area contributed by atoms with Crippen LogP contribution in [0.5, 0.6) is 5.75 Å². The quantitative estimate of drug-likeness (QED) is 0.823. The summed E-state index contributed by atoms with van der Waals surface area (Å²) in [5, 5.41) is 2.84. The summed E-state index contributed by atoms with van der Waals surface area (Å²) in [4.78, 5) is 12.7. The second-order valence-electron chi connectivity index (χ2n) is 6.74. The third-order valence-electron chi connectivity index (χ3n) is 4.48. The van der Waals surface area contributed by atoms with Gasteiger partial charge in [-0.1, -0.05) is 17.7 Å². The number of ether oxygens (including phenoxy) is 1. The number of benzene rings is 2. The predicted molar refractivity (Wildman–Crippen MR) is 107 cm³/mol. The van der Waals surface area contributed by atoms with Gasteiger partial charge in [0, 0.05) is 25.3 Å². The number of amides is 1. The summed E-state index contributed by atoms with van der Waals surface area (Å²) in [6.07, 6.45) is 0.133. The standard InChI is InChI=1S/C20H26N2O4S/c1-13-7-8-19(26-6)16(9-13)11-20(23)21-18-12-17(10-14(2)15(18)3)27(24,25)22(4)5/h7-10,12H,11H2,1-6H3,(H,21,23). The first-order chi connectivity index (χ1) is 12.6. The Hall–Kier alpha value is -2.38. The molecular formula is C20H26N2O4S. The second kappa shape index (κ2) is 8.10. The van der Waals surface area contributed by atoms with E-state index in [0.717, 1.165) is 26.6 Å². The average molecular weight is 391 g/mol. The van der Waals surface area contributed by atoms with Gasteiger partial charge in [-0.15, -0.1) is 0 Å². The van der Waals surface area contributed by atoms with Gasteiger partial charge in [0.25, 0.3) is 0 Å². The number of methoxy groups -OCH3 is 1. The van der Waals surface area contributed by atoms with Crippen LogP contribution < -0.4 is 10.1 Å². The highest BCUT2D eigenvalue weighted by atomic mass is 32.2. The highest BCUT2D eigenvalue weighted by molar-refractivity contribution is 7.89. The fourth-order valence-corrected chi connectivity index (χ4v) is 3.74. The molecule has 27 heavy (non-hydrogen) atoms. The Balaban J connectivity index is 2.33. The van der Waals surface area contributed by atoms with E-state index in [1.54, 1.807) is 13.2 Å². The fraction of sp³-hybridized carbons (Fsp3) is 0.350. The van der Waals surface area contributed by atoms with Crippen molar-refractivity contribution in [3.63, 3.8) is 0 Å². The number of rotatable bonds is 6. The molecule has 2 aromatic carbocycles. The van der Waals surface area contributed by atoms with Gasteiger partial charge < -0.3 is 10.1 Å². The Bertz CT molecular complexity index is 966. The van der Waals surface area contributed by atoms with Gasteiger partial charge in [-0.25, -0.2) is 12.7 Å². The van der Waals surface area contributed by atoms with E-state index < -0.39 is 10.0 Å². The summed E-state index contributed by atoms with van der Waals surface area (Å²) >= 11 is 0. The van der Waals surface area contributed by atoms with Crippen molar-refractivity contribution in [3.8, 4) is 5.75 Å². The molecule has 2 aromatic rings. The fourth-order valence-electron chi connectivity index (χ4n) is 2.73. The minimum absolute atomic E-state index is 0.133. The Kier molecular flexibility index (Phi) is 6.28. The molecule has 0 bridgehead atoms. The summed E-state index contributed by atoms with van der Waals surface area (Å²) in [6, 6.07) is 8.78. The number of nitrogens with one attached hydrogen (secondary N) is 1. The van der Waals surface area contributed by atoms with E-state index in [1.165, 1.54) is 20.2 Å². The van der Waals surface area contributed by atoms with Crippen molar-refractivity contribution < 1.29 is 17.9 Å². The molecule has 0 saturated carbocycles. The maximum absolute atomic E-state index is 12.6. The van der Waals surface area contributed by atoms with Gasteiger partial charge >= 0.3 is 0 Å². The van der Waals surface area contributed by atoms with Crippen molar-refractivity contribution in [1.82, 2.24) is 4.31 Å². The molecule has 0 atom stereocenters. The third-order valence-corrected chi connectivity index (χ3v) is 6.27. The van der Waals surface area contributed by atoms with E-state index in [9.17, 15) is 13.2 Å². The van der Waals surface area contributed by atoms with Crippen molar-refractivity contribution >= 4 is 21.6 Å². The molecule has 0 spiro atoms. The SMILES string of the molecule is COc1ccc(C)cc1CC(=O)Nc1cc(S(=O)(=O)N(C)C)cc(C)c1C. The molecule has 6 nitrogen and oxygen atoms in total. The van der Waals surface area contributed by atoms with E-state index in [1.807, 2.05) is 39.0 Å². The molecule has 0 saturated heterocycles. The van der Waals surface area contributed by atoms with Crippen LogP contribution in [-0.2, 0) is 21.2 Å². The van der Waals surface area contributed by atoms with Crippen LogP contribution >= 0.6 is 0 Å². The molecule has 1 amide bonds. The molecule has 0 aliphatic carbocycles. The number of aryl methyl sites for hydroxylation is 2. The van der Waals surface area contributed by atoms with Crippen LogP contribution in [0.1, 0.15) is 22.3 Å². The largest absolute Gasteiger partial charge is 0.496 e. The number of hydrogen-bond acceptors (Lipinski definition) is 4. The lowest BCUT2D eigenvalue weighted by atomic mass is 10.1. The zero-order valence-electron chi connectivity index (χ0n) is 16.6. The lowest BCUT2D eigenvalue weighted by Crippen LogP contribution is -2.23. The van der Waals surface area contributed by atoms with E-state index >= 15 is 0 Å². The number of hydrogen-bond donors (Lipinski definition) is 1. The predicted octanol–water partition coefficient (Wildman–Crippen LogP) is 3.05.